The second-order valence-corrected chi connectivity index (χ2v) is 7.72. The first kappa shape index (κ1) is 20.9. The number of amides is 1. The summed E-state index contributed by atoms with van der Waals surface area (Å²) in [6, 6.07) is 6.18. The van der Waals surface area contributed by atoms with Gasteiger partial charge in [-0.2, -0.15) is 5.10 Å². The van der Waals surface area contributed by atoms with Gasteiger partial charge in [0.15, 0.2) is 11.5 Å². The molecule has 1 amide bonds. The minimum absolute atomic E-state index is 0. The lowest BCUT2D eigenvalue weighted by Crippen LogP contribution is -2.52. The van der Waals surface area contributed by atoms with Crippen LogP contribution in [0.2, 0.25) is 0 Å². The number of hydrogen-bond acceptors (Lipinski definition) is 5. The van der Waals surface area contributed by atoms with Crippen molar-refractivity contribution in [2.75, 3.05) is 27.3 Å². The molecule has 2 fully saturated rings. The van der Waals surface area contributed by atoms with Crippen LogP contribution in [0.4, 0.5) is 0 Å². The molecular weight excluding hydrogens is 378 g/mol. The molecule has 2 aliphatic heterocycles. The minimum Gasteiger partial charge on any atom is -0.493 e. The third-order valence-electron chi connectivity index (χ3n) is 6.21. The van der Waals surface area contributed by atoms with Gasteiger partial charge in [0, 0.05) is 17.4 Å². The molecule has 1 aliphatic carbocycles. The van der Waals surface area contributed by atoms with Crippen molar-refractivity contribution in [3.8, 4) is 11.5 Å². The van der Waals surface area contributed by atoms with Gasteiger partial charge in [0.2, 0.25) is 5.91 Å². The summed E-state index contributed by atoms with van der Waals surface area (Å²) in [7, 11) is 3.29. The summed E-state index contributed by atoms with van der Waals surface area (Å²) in [6.45, 7) is 1.90. The molecule has 0 radical (unpaired) electrons. The molecule has 1 saturated heterocycles. The molecule has 28 heavy (non-hydrogen) atoms. The number of nitrogens with one attached hydrogen (secondary N) is 1. The molecule has 2 unspecified atom stereocenters. The Morgan fingerprint density at radius 2 is 1.68 bits per heavy atom. The maximum atomic E-state index is 13.2. The van der Waals surface area contributed by atoms with Gasteiger partial charge in [-0.3, -0.25) is 4.79 Å². The van der Waals surface area contributed by atoms with E-state index in [2.05, 4.69) is 5.32 Å². The van der Waals surface area contributed by atoms with Crippen LogP contribution in [0.15, 0.2) is 23.3 Å². The van der Waals surface area contributed by atoms with Crippen molar-refractivity contribution in [3.05, 3.63) is 23.8 Å². The fraction of sp³-hybridized carbons (Fsp3) is 0.619. The van der Waals surface area contributed by atoms with Crippen LogP contribution in [0, 0.1) is 11.8 Å². The monoisotopic (exact) mass is 407 g/mol. The number of benzene rings is 1. The highest BCUT2D eigenvalue weighted by Crippen LogP contribution is 2.40. The number of carbonyl (C=O) groups excluding carboxylic acids is 1. The molecule has 6 nitrogen and oxygen atoms in total. The lowest BCUT2D eigenvalue weighted by molar-refractivity contribution is -0.142. The van der Waals surface area contributed by atoms with Crippen molar-refractivity contribution in [2.45, 2.75) is 44.6 Å². The second-order valence-electron chi connectivity index (χ2n) is 7.72. The SMILES string of the molecule is COc1ccc(C2=NN(C3CCNCC3)C(=O)C3CCCCC23)cc1OC.Cl. The topological polar surface area (TPSA) is 63.2 Å². The van der Waals surface area contributed by atoms with E-state index in [0.717, 1.165) is 62.9 Å². The Morgan fingerprint density at radius 1 is 1.00 bits per heavy atom. The highest BCUT2D eigenvalue weighted by atomic mass is 35.5. The Kier molecular flexibility index (Phi) is 6.83. The molecule has 0 bridgehead atoms. The maximum absolute atomic E-state index is 13.2. The van der Waals surface area contributed by atoms with E-state index in [-0.39, 0.29) is 36.2 Å². The number of carbonyl (C=O) groups is 1. The zero-order valence-electron chi connectivity index (χ0n) is 16.6. The molecular formula is C21H30ClN3O3. The van der Waals surface area contributed by atoms with Crippen molar-refractivity contribution in [1.29, 1.82) is 0 Å². The Hall–Kier alpha value is -1.79. The number of methoxy groups -OCH3 is 2. The van der Waals surface area contributed by atoms with Crippen LogP contribution in [0.25, 0.3) is 0 Å². The summed E-state index contributed by atoms with van der Waals surface area (Å²) >= 11 is 0. The number of ether oxygens (including phenoxy) is 2. The summed E-state index contributed by atoms with van der Waals surface area (Å²) in [4.78, 5) is 13.2. The number of hydrazone groups is 1. The summed E-state index contributed by atoms with van der Waals surface area (Å²) in [5.74, 6) is 1.92. The summed E-state index contributed by atoms with van der Waals surface area (Å²) < 4.78 is 10.9. The Morgan fingerprint density at radius 3 is 2.36 bits per heavy atom. The quantitative estimate of drug-likeness (QED) is 0.832. The van der Waals surface area contributed by atoms with Crippen LogP contribution in [0.1, 0.15) is 44.1 Å². The number of fused-ring (bicyclic) bond motifs is 1. The van der Waals surface area contributed by atoms with E-state index in [0.29, 0.717) is 11.5 Å². The molecule has 2 heterocycles. The van der Waals surface area contributed by atoms with Gasteiger partial charge in [0.1, 0.15) is 0 Å². The molecule has 3 aliphatic rings. The fourth-order valence-electron chi connectivity index (χ4n) is 4.74. The first-order chi connectivity index (χ1) is 13.2. The number of nitrogens with zero attached hydrogens (tertiary/aromatic N) is 2. The summed E-state index contributed by atoms with van der Waals surface area (Å²) in [5, 5.41) is 10.1. The number of rotatable bonds is 4. The molecule has 2 atom stereocenters. The first-order valence-electron chi connectivity index (χ1n) is 10.1. The van der Waals surface area contributed by atoms with Gasteiger partial charge in [0.05, 0.1) is 26.0 Å². The van der Waals surface area contributed by atoms with Gasteiger partial charge in [0.25, 0.3) is 0 Å². The predicted molar refractivity (Wildman–Crippen MR) is 112 cm³/mol. The predicted octanol–water partition coefficient (Wildman–Crippen LogP) is 3.23. The molecule has 1 N–H and O–H groups in total. The van der Waals surface area contributed by atoms with E-state index >= 15 is 0 Å². The third kappa shape index (κ3) is 3.85. The number of hydrogen-bond donors (Lipinski definition) is 1. The molecule has 0 aromatic heterocycles. The Bertz CT molecular complexity index is 734. The molecule has 1 saturated carbocycles. The van der Waals surface area contributed by atoms with Crippen LogP contribution in [-0.4, -0.2) is 50.0 Å². The van der Waals surface area contributed by atoms with Gasteiger partial charge in [-0.25, -0.2) is 5.01 Å². The van der Waals surface area contributed by atoms with E-state index < -0.39 is 0 Å². The van der Waals surface area contributed by atoms with Gasteiger partial charge in [-0.1, -0.05) is 12.8 Å². The molecule has 1 aromatic carbocycles. The van der Waals surface area contributed by atoms with Crippen LogP contribution >= 0.6 is 12.4 Å². The Labute approximate surface area is 173 Å². The average molecular weight is 408 g/mol. The van der Waals surface area contributed by atoms with E-state index in [1.807, 2.05) is 23.2 Å². The molecule has 154 valence electrons. The molecule has 0 spiro atoms. The van der Waals surface area contributed by atoms with Gasteiger partial charge >= 0.3 is 0 Å². The van der Waals surface area contributed by atoms with Crippen LogP contribution in [0.3, 0.4) is 0 Å². The highest BCUT2D eigenvalue weighted by molar-refractivity contribution is 6.07. The standard InChI is InChI=1S/C21H29N3O3.ClH/c1-26-18-8-7-14(13-19(18)27-2)20-16-5-3-4-6-17(16)21(25)24(23-20)15-9-11-22-12-10-15;/h7-8,13,15-17,22H,3-6,9-12H2,1-2H3;1H. The van der Waals surface area contributed by atoms with Crippen molar-refractivity contribution >= 4 is 24.0 Å². The van der Waals surface area contributed by atoms with E-state index in [1.54, 1.807) is 14.2 Å². The van der Waals surface area contributed by atoms with E-state index in [1.165, 1.54) is 0 Å². The third-order valence-corrected chi connectivity index (χ3v) is 6.21. The van der Waals surface area contributed by atoms with Gasteiger partial charge in [-0.05, 0) is 57.0 Å². The van der Waals surface area contributed by atoms with Gasteiger partial charge in [-0.15, -0.1) is 12.4 Å². The highest BCUT2D eigenvalue weighted by Gasteiger charge is 2.43. The second kappa shape index (κ2) is 9.14. The van der Waals surface area contributed by atoms with Crippen molar-refractivity contribution in [2.24, 2.45) is 16.9 Å². The molecule has 7 heteroatoms. The van der Waals surface area contributed by atoms with Crippen molar-refractivity contribution in [1.82, 2.24) is 10.3 Å². The summed E-state index contributed by atoms with van der Waals surface area (Å²) in [6.07, 6.45) is 6.22. The lowest BCUT2D eigenvalue weighted by atomic mass is 9.73. The first-order valence-corrected chi connectivity index (χ1v) is 10.1. The van der Waals surface area contributed by atoms with Crippen molar-refractivity contribution in [3.63, 3.8) is 0 Å². The number of piperidine rings is 1. The largest absolute Gasteiger partial charge is 0.493 e. The fourth-order valence-corrected chi connectivity index (χ4v) is 4.74. The summed E-state index contributed by atoms with van der Waals surface area (Å²) in [5.41, 5.74) is 2.08. The Balaban J connectivity index is 0.00000225. The zero-order chi connectivity index (χ0) is 18.8. The normalized spacial score (nSPS) is 25.4. The maximum Gasteiger partial charge on any atom is 0.246 e. The van der Waals surface area contributed by atoms with Crippen LogP contribution in [-0.2, 0) is 4.79 Å². The number of halogens is 1. The molecule has 1 aromatic rings. The lowest BCUT2D eigenvalue weighted by Gasteiger charge is -2.42. The minimum atomic E-state index is 0. The van der Waals surface area contributed by atoms with Crippen LogP contribution in [0.5, 0.6) is 11.5 Å². The molecule has 4 rings (SSSR count). The average Bonchev–Trinajstić information content (AvgIpc) is 2.74. The van der Waals surface area contributed by atoms with E-state index in [9.17, 15) is 4.79 Å². The smallest absolute Gasteiger partial charge is 0.246 e. The van der Waals surface area contributed by atoms with Crippen LogP contribution < -0.4 is 14.8 Å². The van der Waals surface area contributed by atoms with Crippen molar-refractivity contribution < 1.29 is 14.3 Å². The van der Waals surface area contributed by atoms with Gasteiger partial charge < -0.3 is 14.8 Å². The zero-order valence-corrected chi connectivity index (χ0v) is 17.5. The van der Waals surface area contributed by atoms with E-state index in [4.69, 9.17) is 14.6 Å².